The van der Waals surface area contributed by atoms with Crippen molar-refractivity contribution >= 4 is 0 Å². The lowest BCUT2D eigenvalue weighted by molar-refractivity contribution is 0.0635. The molecule has 0 amide bonds. The number of aromatic nitrogens is 1. The molecule has 0 aliphatic carbocycles. The number of rotatable bonds is 11. The fourth-order valence-electron chi connectivity index (χ4n) is 3.13. The van der Waals surface area contributed by atoms with Gasteiger partial charge in [0, 0.05) is 18.7 Å². The summed E-state index contributed by atoms with van der Waals surface area (Å²) in [6.07, 6.45) is 1.06. The van der Waals surface area contributed by atoms with Gasteiger partial charge in [-0.3, -0.25) is 0 Å². The standard InChI is InChI=1S/C24H30N2O3/c1-4-25-16-22(27-5-2)15-19-11-13-21(14-12-19)28-17-23-18(3)29-24(26-23)20-9-7-6-8-10-20/h6-14,22,25H,4-5,15-17H2,1-3H3/t22-/m0/s1. The van der Waals surface area contributed by atoms with E-state index in [1.165, 1.54) is 5.56 Å². The van der Waals surface area contributed by atoms with Gasteiger partial charge in [-0.25, -0.2) is 4.98 Å². The van der Waals surface area contributed by atoms with Crippen LogP contribution in [0.5, 0.6) is 5.75 Å². The maximum Gasteiger partial charge on any atom is 0.226 e. The van der Waals surface area contributed by atoms with E-state index < -0.39 is 0 Å². The maximum absolute atomic E-state index is 5.93. The highest BCUT2D eigenvalue weighted by Crippen LogP contribution is 2.23. The lowest BCUT2D eigenvalue weighted by atomic mass is 10.1. The van der Waals surface area contributed by atoms with Crippen LogP contribution >= 0.6 is 0 Å². The predicted octanol–water partition coefficient (Wildman–Crippen LogP) is 4.79. The van der Waals surface area contributed by atoms with Crippen LogP contribution in [-0.4, -0.2) is 30.8 Å². The van der Waals surface area contributed by atoms with Crippen molar-refractivity contribution < 1.29 is 13.9 Å². The molecule has 3 rings (SSSR count). The van der Waals surface area contributed by atoms with Gasteiger partial charge >= 0.3 is 0 Å². The minimum absolute atomic E-state index is 0.181. The number of nitrogens with zero attached hydrogens (tertiary/aromatic N) is 1. The number of likely N-dealkylation sites (N-methyl/N-ethyl adjacent to an activating group) is 1. The zero-order chi connectivity index (χ0) is 20.5. The largest absolute Gasteiger partial charge is 0.487 e. The molecule has 1 N–H and O–H groups in total. The Morgan fingerprint density at radius 2 is 1.79 bits per heavy atom. The van der Waals surface area contributed by atoms with Crippen molar-refractivity contribution in [1.29, 1.82) is 0 Å². The molecule has 3 aromatic rings. The summed E-state index contributed by atoms with van der Waals surface area (Å²) < 4.78 is 17.5. The number of hydrogen-bond donors (Lipinski definition) is 1. The van der Waals surface area contributed by atoms with Crippen molar-refractivity contribution in [3.8, 4) is 17.2 Å². The first-order chi connectivity index (χ1) is 14.2. The highest BCUT2D eigenvalue weighted by Gasteiger charge is 2.12. The molecule has 0 spiro atoms. The second-order valence-electron chi connectivity index (χ2n) is 6.91. The molecule has 0 aliphatic heterocycles. The first-order valence-corrected chi connectivity index (χ1v) is 10.2. The number of nitrogens with one attached hydrogen (secondary N) is 1. The molecule has 1 aromatic heterocycles. The predicted molar refractivity (Wildman–Crippen MR) is 115 cm³/mol. The van der Waals surface area contributed by atoms with Crippen molar-refractivity contribution in [2.45, 2.75) is 39.9 Å². The van der Waals surface area contributed by atoms with Crippen molar-refractivity contribution in [1.82, 2.24) is 10.3 Å². The topological polar surface area (TPSA) is 56.5 Å². The first-order valence-electron chi connectivity index (χ1n) is 10.2. The van der Waals surface area contributed by atoms with Crippen LogP contribution in [0, 0.1) is 6.92 Å². The van der Waals surface area contributed by atoms with Gasteiger partial charge in [-0.2, -0.15) is 0 Å². The molecule has 0 saturated heterocycles. The minimum Gasteiger partial charge on any atom is -0.487 e. The third-order valence-corrected chi connectivity index (χ3v) is 4.70. The summed E-state index contributed by atoms with van der Waals surface area (Å²) in [5.41, 5.74) is 3.01. The van der Waals surface area contributed by atoms with Crippen LogP contribution in [0.15, 0.2) is 59.0 Å². The molecule has 0 bridgehead atoms. The Labute approximate surface area is 173 Å². The smallest absolute Gasteiger partial charge is 0.226 e. The van der Waals surface area contributed by atoms with E-state index >= 15 is 0 Å². The molecule has 0 saturated carbocycles. The molecule has 0 unspecified atom stereocenters. The second kappa shape index (κ2) is 10.8. The molecule has 5 nitrogen and oxygen atoms in total. The quantitative estimate of drug-likeness (QED) is 0.507. The van der Waals surface area contributed by atoms with Crippen LogP contribution in [0.4, 0.5) is 0 Å². The summed E-state index contributed by atoms with van der Waals surface area (Å²) in [5, 5.41) is 3.36. The molecular weight excluding hydrogens is 364 g/mol. The zero-order valence-electron chi connectivity index (χ0n) is 17.5. The Kier molecular flexibility index (Phi) is 7.85. The highest BCUT2D eigenvalue weighted by atomic mass is 16.5. The van der Waals surface area contributed by atoms with Crippen LogP contribution < -0.4 is 10.1 Å². The van der Waals surface area contributed by atoms with Crippen molar-refractivity contribution in [3.63, 3.8) is 0 Å². The van der Waals surface area contributed by atoms with E-state index in [0.717, 1.165) is 48.9 Å². The van der Waals surface area contributed by atoms with Gasteiger partial charge in [0.1, 0.15) is 23.8 Å². The number of hydrogen-bond acceptors (Lipinski definition) is 5. The summed E-state index contributed by atoms with van der Waals surface area (Å²) in [5.74, 6) is 2.22. The van der Waals surface area contributed by atoms with Crippen LogP contribution in [0.3, 0.4) is 0 Å². The van der Waals surface area contributed by atoms with Gasteiger partial charge in [-0.15, -0.1) is 0 Å². The summed E-state index contributed by atoms with van der Waals surface area (Å²) in [6, 6.07) is 18.1. The summed E-state index contributed by atoms with van der Waals surface area (Å²) in [6.45, 7) is 8.96. The van der Waals surface area contributed by atoms with Crippen molar-refractivity contribution in [2.75, 3.05) is 19.7 Å². The Bertz CT molecular complexity index is 860. The number of benzene rings is 2. The summed E-state index contributed by atoms with van der Waals surface area (Å²) >= 11 is 0. The molecule has 1 atom stereocenters. The fraction of sp³-hybridized carbons (Fsp3) is 0.375. The van der Waals surface area contributed by atoms with Crippen LogP contribution in [0.2, 0.25) is 0 Å². The van der Waals surface area contributed by atoms with E-state index in [1.807, 2.05) is 56.3 Å². The summed E-state index contributed by atoms with van der Waals surface area (Å²) in [7, 11) is 0. The zero-order valence-corrected chi connectivity index (χ0v) is 17.5. The van der Waals surface area contributed by atoms with Gasteiger partial charge in [0.25, 0.3) is 0 Å². The molecule has 0 aliphatic rings. The molecule has 154 valence electrons. The lowest BCUT2D eigenvalue weighted by Gasteiger charge is -2.17. The Morgan fingerprint density at radius 3 is 2.48 bits per heavy atom. The van der Waals surface area contributed by atoms with Gasteiger partial charge in [0.15, 0.2) is 0 Å². The van der Waals surface area contributed by atoms with E-state index in [1.54, 1.807) is 0 Å². The van der Waals surface area contributed by atoms with E-state index in [-0.39, 0.29) is 6.10 Å². The fourth-order valence-corrected chi connectivity index (χ4v) is 3.13. The molecule has 5 heteroatoms. The van der Waals surface area contributed by atoms with Crippen LogP contribution in [0.25, 0.3) is 11.5 Å². The van der Waals surface area contributed by atoms with Crippen LogP contribution in [0.1, 0.15) is 30.9 Å². The van der Waals surface area contributed by atoms with Gasteiger partial charge in [-0.1, -0.05) is 37.3 Å². The van der Waals surface area contributed by atoms with Crippen molar-refractivity contribution in [2.24, 2.45) is 0 Å². The number of oxazole rings is 1. The lowest BCUT2D eigenvalue weighted by Crippen LogP contribution is -2.30. The molecule has 1 heterocycles. The Hall–Kier alpha value is -2.63. The normalized spacial score (nSPS) is 12.1. The minimum atomic E-state index is 0.181. The van der Waals surface area contributed by atoms with E-state index in [0.29, 0.717) is 12.5 Å². The van der Waals surface area contributed by atoms with E-state index in [4.69, 9.17) is 13.9 Å². The third kappa shape index (κ3) is 6.17. The third-order valence-electron chi connectivity index (χ3n) is 4.70. The van der Waals surface area contributed by atoms with Gasteiger partial charge in [0.05, 0.1) is 6.10 Å². The number of aryl methyl sites for hydroxylation is 1. The average Bonchev–Trinajstić information content (AvgIpc) is 3.13. The number of ether oxygens (including phenoxy) is 2. The molecule has 0 fully saturated rings. The average molecular weight is 395 g/mol. The summed E-state index contributed by atoms with van der Waals surface area (Å²) in [4.78, 5) is 4.59. The van der Waals surface area contributed by atoms with Gasteiger partial charge in [0.2, 0.25) is 5.89 Å². The molecule has 2 aromatic carbocycles. The van der Waals surface area contributed by atoms with Crippen LogP contribution in [-0.2, 0) is 17.8 Å². The maximum atomic E-state index is 5.93. The van der Waals surface area contributed by atoms with Crippen molar-refractivity contribution in [3.05, 3.63) is 71.6 Å². The second-order valence-corrected chi connectivity index (χ2v) is 6.91. The molecular formula is C24H30N2O3. The van der Waals surface area contributed by atoms with Gasteiger partial charge in [-0.05, 0) is 56.6 Å². The Morgan fingerprint density at radius 1 is 1.03 bits per heavy atom. The van der Waals surface area contributed by atoms with E-state index in [2.05, 4.69) is 29.4 Å². The highest BCUT2D eigenvalue weighted by molar-refractivity contribution is 5.53. The molecule has 0 radical (unpaired) electrons. The SMILES string of the molecule is CCNC[C@H](Cc1ccc(OCc2nc(-c3ccccc3)oc2C)cc1)OCC. The molecule has 29 heavy (non-hydrogen) atoms. The van der Waals surface area contributed by atoms with Gasteiger partial charge < -0.3 is 19.2 Å². The monoisotopic (exact) mass is 394 g/mol. The first kappa shape index (κ1) is 21.1. The van der Waals surface area contributed by atoms with E-state index in [9.17, 15) is 0 Å². The Balaban J connectivity index is 1.57.